The molecular formula is C24H15Cl2N3O6. The number of para-hydroxylation sites is 1. The van der Waals surface area contributed by atoms with Gasteiger partial charge in [0.05, 0.1) is 20.7 Å². The number of nitro groups is 1. The highest BCUT2D eigenvalue weighted by molar-refractivity contribution is 6.42. The Morgan fingerprint density at radius 1 is 0.971 bits per heavy atom. The van der Waals surface area contributed by atoms with Gasteiger partial charge in [0.25, 0.3) is 17.5 Å². The Labute approximate surface area is 208 Å². The minimum absolute atomic E-state index is 0.0393. The van der Waals surface area contributed by atoms with E-state index in [1.807, 2.05) is 0 Å². The third-order valence-electron chi connectivity index (χ3n) is 4.98. The minimum atomic E-state index is -0.909. The molecular weight excluding hydrogens is 497 g/mol. The monoisotopic (exact) mass is 511 g/mol. The third kappa shape index (κ3) is 5.16. The molecule has 35 heavy (non-hydrogen) atoms. The zero-order chi connectivity index (χ0) is 25.1. The Hall–Kier alpha value is -4.21. The van der Waals surface area contributed by atoms with Crippen LogP contribution in [-0.2, 0) is 16.2 Å². The number of nitrogens with zero attached hydrogens (tertiary/aromatic N) is 2. The lowest BCUT2D eigenvalue weighted by molar-refractivity contribution is -0.384. The Morgan fingerprint density at radius 3 is 2.46 bits per heavy atom. The molecule has 176 valence electrons. The Balaban J connectivity index is 1.55. The van der Waals surface area contributed by atoms with Crippen LogP contribution < -0.4 is 15.0 Å². The molecule has 0 atom stereocenters. The fourth-order valence-electron chi connectivity index (χ4n) is 3.32. The van der Waals surface area contributed by atoms with E-state index < -0.39 is 22.8 Å². The molecule has 0 spiro atoms. The van der Waals surface area contributed by atoms with Gasteiger partial charge in [-0.15, -0.1) is 0 Å². The summed E-state index contributed by atoms with van der Waals surface area (Å²) in [4.78, 5) is 48.9. The maximum absolute atomic E-state index is 13.0. The molecule has 0 bridgehead atoms. The van der Waals surface area contributed by atoms with E-state index in [1.54, 1.807) is 30.3 Å². The van der Waals surface area contributed by atoms with Crippen molar-refractivity contribution < 1.29 is 24.0 Å². The highest BCUT2D eigenvalue weighted by Crippen LogP contribution is 2.30. The number of benzene rings is 3. The molecule has 4 rings (SSSR count). The van der Waals surface area contributed by atoms with Crippen molar-refractivity contribution in [2.45, 2.75) is 6.61 Å². The number of anilines is 1. The van der Waals surface area contributed by atoms with Crippen molar-refractivity contribution >= 4 is 58.5 Å². The van der Waals surface area contributed by atoms with Crippen LogP contribution in [0.5, 0.6) is 5.75 Å². The van der Waals surface area contributed by atoms with E-state index in [-0.39, 0.29) is 33.6 Å². The Bertz CT molecular complexity index is 1410. The molecule has 1 heterocycles. The number of barbiturate groups is 1. The van der Waals surface area contributed by atoms with Crippen LogP contribution in [0.2, 0.25) is 10.0 Å². The van der Waals surface area contributed by atoms with Gasteiger partial charge in [-0.25, -0.2) is 9.69 Å². The second-order valence-corrected chi connectivity index (χ2v) is 8.13. The number of urea groups is 1. The fourth-order valence-corrected chi connectivity index (χ4v) is 3.78. The predicted octanol–water partition coefficient (Wildman–Crippen LogP) is 5.15. The first-order valence-electron chi connectivity index (χ1n) is 10.1. The van der Waals surface area contributed by atoms with Crippen molar-refractivity contribution in [3.63, 3.8) is 0 Å². The number of rotatable bonds is 6. The van der Waals surface area contributed by atoms with Crippen molar-refractivity contribution in [2.24, 2.45) is 0 Å². The molecule has 0 aliphatic carbocycles. The highest BCUT2D eigenvalue weighted by atomic mass is 35.5. The number of carbonyl (C=O) groups excluding carboxylic acids is 3. The standard InChI is InChI=1S/C24H15Cl2N3O6/c25-18-6-1-2-7-20(18)28-23(31)17(22(30)27-24(28)32)11-14-8-9-21(19(26)12-14)35-13-15-4-3-5-16(10-15)29(33)34/h1-12H,13H2,(H,27,30,32)/b17-11+. The number of nitrogens with one attached hydrogen (secondary N) is 1. The van der Waals surface area contributed by atoms with Gasteiger partial charge in [-0.3, -0.25) is 25.0 Å². The zero-order valence-corrected chi connectivity index (χ0v) is 19.2. The van der Waals surface area contributed by atoms with E-state index in [2.05, 4.69) is 5.32 Å². The van der Waals surface area contributed by atoms with Crippen LogP contribution in [0.15, 0.2) is 72.3 Å². The number of halogens is 2. The quantitative estimate of drug-likeness (QED) is 0.211. The summed E-state index contributed by atoms with van der Waals surface area (Å²) in [6.07, 6.45) is 1.30. The van der Waals surface area contributed by atoms with Crippen LogP contribution in [0.4, 0.5) is 16.2 Å². The summed E-state index contributed by atoms with van der Waals surface area (Å²) in [7, 11) is 0. The third-order valence-corrected chi connectivity index (χ3v) is 5.59. The van der Waals surface area contributed by atoms with Crippen molar-refractivity contribution in [1.82, 2.24) is 5.32 Å². The number of hydrogen-bond acceptors (Lipinski definition) is 6. The van der Waals surface area contributed by atoms with Gasteiger partial charge in [-0.05, 0) is 41.5 Å². The molecule has 1 fully saturated rings. The van der Waals surface area contributed by atoms with Crippen LogP contribution in [0.1, 0.15) is 11.1 Å². The minimum Gasteiger partial charge on any atom is -0.487 e. The highest BCUT2D eigenvalue weighted by Gasteiger charge is 2.37. The predicted molar refractivity (Wildman–Crippen MR) is 129 cm³/mol. The zero-order valence-electron chi connectivity index (χ0n) is 17.7. The lowest BCUT2D eigenvalue weighted by Crippen LogP contribution is -2.54. The van der Waals surface area contributed by atoms with Crippen LogP contribution in [0.25, 0.3) is 6.08 Å². The Morgan fingerprint density at radius 2 is 1.74 bits per heavy atom. The lowest BCUT2D eigenvalue weighted by Gasteiger charge is -2.27. The average molecular weight is 512 g/mol. The number of nitro benzene ring substituents is 1. The van der Waals surface area contributed by atoms with Crippen LogP contribution in [-0.4, -0.2) is 22.8 Å². The molecule has 3 aromatic carbocycles. The number of ether oxygens (including phenoxy) is 1. The molecule has 9 nitrogen and oxygen atoms in total. The molecule has 0 radical (unpaired) electrons. The fraction of sp³-hybridized carbons (Fsp3) is 0.0417. The van der Waals surface area contributed by atoms with Gasteiger partial charge in [0, 0.05) is 12.1 Å². The summed E-state index contributed by atoms with van der Waals surface area (Å²) in [6.45, 7) is 0.0393. The van der Waals surface area contributed by atoms with Crippen molar-refractivity contribution in [1.29, 1.82) is 0 Å². The lowest BCUT2D eigenvalue weighted by atomic mass is 10.1. The van der Waals surface area contributed by atoms with Crippen LogP contribution >= 0.6 is 23.2 Å². The molecule has 1 N–H and O–H groups in total. The van der Waals surface area contributed by atoms with Gasteiger partial charge in [0.2, 0.25) is 0 Å². The molecule has 0 aromatic heterocycles. The first-order valence-corrected chi connectivity index (χ1v) is 10.8. The molecule has 0 unspecified atom stereocenters. The molecule has 1 aliphatic rings. The summed E-state index contributed by atoms with van der Waals surface area (Å²) in [6, 6.07) is 15.9. The van der Waals surface area contributed by atoms with Gasteiger partial charge in [-0.1, -0.05) is 53.5 Å². The van der Waals surface area contributed by atoms with E-state index >= 15 is 0 Å². The summed E-state index contributed by atoms with van der Waals surface area (Å²) < 4.78 is 5.66. The summed E-state index contributed by atoms with van der Waals surface area (Å²) >= 11 is 12.4. The smallest absolute Gasteiger partial charge is 0.335 e. The first-order chi connectivity index (χ1) is 16.7. The average Bonchev–Trinajstić information content (AvgIpc) is 2.82. The summed E-state index contributed by atoms with van der Waals surface area (Å²) in [5, 5.41) is 13.4. The molecule has 0 saturated carbocycles. The van der Waals surface area contributed by atoms with Crippen molar-refractivity contribution in [2.75, 3.05) is 4.90 Å². The van der Waals surface area contributed by atoms with E-state index in [4.69, 9.17) is 27.9 Å². The van der Waals surface area contributed by atoms with E-state index in [0.717, 1.165) is 4.90 Å². The number of imide groups is 2. The van der Waals surface area contributed by atoms with Crippen LogP contribution in [0.3, 0.4) is 0 Å². The molecule has 11 heteroatoms. The second-order valence-electron chi connectivity index (χ2n) is 7.31. The topological polar surface area (TPSA) is 119 Å². The summed E-state index contributed by atoms with van der Waals surface area (Å²) in [5.74, 6) is -1.40. The number of non-ortho nitro benzene ring substituents is 1. The van der Waals surface area contributed by atoms with Gasteiger partial charge in [0.15, 0.2) is 0 Å². The summed E-state index contributed by atoms with van der Waals surface area (Å²) in [5.41, 5.74) is 0.780. The number of hydrogen-bond donors (Lipinski definition) is 1. The number of carbonyl (C=O) groups is 3. The SMILES string of the molecule is O=C1NC(=O)N(c2ccccc2Cl)C(=O)/C1=C/c1ccc(OCc2cccc([N+](=O)[O-])c2)c(Cl)c1. The van der Waals surface area contributed by atoms with Gasteiger partial charge in [-0.2, -0.15) is 0 Å². The molecule has 1 aliphatic heterocycles. The molecule has 4 amide bonds. The van der Waals surface area contributed by atoms with Gasteiger partial charge in [0.1, 0.15) is 17.9 Å². The van der Waals surface area contributed by atoms with Gasteiger partial charge < -0.3 is 4.74 Å². The van der Waals surface area contributed by atoms with E-state index in [9.17, 15) is 24.5 Å². The van der Waals surface area contributed by atoms with Gasteiger partial charge >= 0.3 is 6.03 Å². The first kappa shape index (κ1) is 23.9. The maximum Gasteiger partial charge on any atom is 0.335 e. The normalized spacial score (nSPS) is 14.7. The molecule has 1 saturated heterocycles. The van der Waals surface area contributed by atoms with E-state index in [0.29, 0.717) is 16.9 Å². The van der Waals surface area contributed by atoms with E-state index in [1.165, 1.54) is 42.5 Å². The second kappa shape index (κ2) is 9.96. The van der Waals surface area contributed by atoms with Crippen LogP contribution in [0, 0.1) is 10.1 Å². The largest absolute Gasteiger partial charge is 0.487 e. The number of amides is 4. The maximum atomic E-state index is 13.0. The Kier molecular flexibility index (Phi) is 6.81. The van der Waals surface area contributed by atoms with Crippen molar-refractivity contribution in [3.8, 4) is 5.75 Å². The van der Waals surface area contributed by atoms with Crippen molar-refractivity contribution in [3.05, 3.63) is 104 Å². The molecule has 3 aromatic rings.